The number of hydrogen-bond acceptors (Lipinski definition) is 9. The lowest BCUT2D eigenvalue weighted by Gasteiger charge is -2.24. The number of hydrogen-bond donors (Lipinski definition) is 2. The van der Waals surface area contributed by atoms with E-state index in [4.69, 9.17) is 26.2 Å². The molecule has 4 rings (SSSR count). The third kappa shape index (κ3) is 5.97. The highest BCUT2D eigenvalue weighted by atomic mass is 35.5. The van der Waals surface area contributed by atoms with Gasteiger partial charge >= 0.3 is 0 Å². The number of aliphatic hydroxyl groups excluding tert-OH is 1. The van der Waals surface area contributed by atoms with Crippen LogP contribution in [0.15, 0.2) is 53.6 Å². The Morgan fingerprint density at radius 1 is 1.20 bits per heavy atom. The Hall–Kier alpha value is -3.47. The Bertz CT molecular complexity index is 1300. The summed E-state index contributed by atoms with van der Waals surface area (Å²) >= 11 is 7.96. The van der Waals surface area contributed by atoms with E-state index in [1.54, 1.807) is 24.7 Å². The van der Waals surface area contributed by atoms with Gasteiger partial charge in [0, 0.05) is 18.1 Å². The van der Waals surface area contributed by atoms with Gasteiger partial charge in [-0.15, -0.1) is 11.3 Å². The number of anilines is 2. The van der Waals surface area contributed by atoms with Crippen molar-refractivity contribution in [3.05, 3.63) is 64.3 Å². The molecule has 2 N–H and O–H groups in total. The Morgan fingerprint density at radius 3 is 2.80 bits per heavy atom. The zero-order valence-corrected chi connectivity index (χ0v) is 20.7. The van der Waals surface area contributed by atoms with E-state index in [0.29, 0.717) is 45.5 Å². The van der Waals surface area contributed by atoms with Crippen LogP contribution in [0.5, 0.6) is 11.5 Å². The van der Waals surface area contributed by atoms with E-state index in [9.17, 15) is 4.79 Å². The average Bonchev–Trinajstić information content (AvgIpc) is 3.39. The van der Waals surface area contributed by atoms with Crippen molar-refractivity contribution in [3.63, 3.8) is 0 Å². The number of thiazole rings is 1. The fraction of sp³-hybridized carbons (Fsp3) is 0.250. The van der Waals surface area contributed by atoms with Gasteiger partial charge in [-0.1, -0.05) is 17.7 Å². The van der Waals surface area contributed by atoms with Gasteiger partial charge in [-0.2, -0.15) is 0 Å². The highest BCUT2D eigenvalue weighted by molar-refractivity contribution is 7.07. The summed E-state index contributed by atoms with van der Waals surface area (Å²) in [6, 6.07) is 10.7. The molecule has 0 aliphatic carbocycles. The molecule has 1 atom stereocenters. The number of ether oxygens (including phenoxy) is 2. The molecule has 2 aromatic heterocycles. The second kappa shape index (κ2) is 11.3. The fourth-order valence-corrected chi connectivity index (χ4v) is 4.04. The van der Waals surface area contributed by atoms with E-state index in [1.807, 2.05) is 36.6 Å². The van der Waals surface area contributed by atoms with Crippen molar-refractivity contribution in [2.45, 2.75) is 19.6 Å². The first kappa shape index (κ1) is 24.6. The average molecular weight is 514 g/mol. The molecule has 9 nitrogen and oxygen atoms in total. The van der Waals surface area contributed by atoms with E-state index >= 15 is 0 Å². The normalized spacial score (nSPS) is 11.8. The third-order valence-electron chi connectivity index (χ3n) is 5.35. The first-order chi connectivity index (χ1) is 17.0. The number of amides is 1. The summed E-state index contributed by atoms with van der Waals surface area (Å²) in [7, 11) is 1.62. The van der Waals surface area contributed by atoms with Crippen molar-refractivity contribution >= 4 is 51.3 Å². The number of rotatable bonds is 10. The summed E-state index contributed by atoms with van der Waals surface area (Å²) in [6.45, 7) is 1.86. The van der Waals surface area contributed by atoms with Gasteiger partial charge in [0.15, 0.2) is 0 Å². The minimum Gasteiger partial charge on any atom is -0.491 e. The molecule has 0 radical (unpaired) electrons. The molecule has 35 heavy (non-hydrogen) atoms. The standard InChI is InChI=1S/C24H24ClN5O4S/c1-15(30(2)22(32)9-31)10-33-21-5-3-4-19-23(21)24(27-13-26-19)29-16-6-7-20(18(25)8-16)34-11-17-12-35-14-28-17/h3-8,12-15,31H,9-11H2,1-2H3,(H,26,27,29). The second-order valence-electron chi connectivity index (χ2n) is 7.73. The SMILES string of the molecule is CC(COc1cccc2ncnc(Nc3ccc(OCc4cscn4)c(Cl)c3)c12)N(C)C(=O)CO. The van der Waals surface area contributed by atoms with Crippen LogP contribution in [0.25, 0.3) is 10.9 Å². The quantitative estimate of drug-likeness (QED) is 0.323. The van der Waals surface area contributed by atoms with Crippen molar-refractivity contribution in [1.82, 2.24) is 19.9 Å². The Morgan fingerprint density at radius 2 is 2.06 bits per heavy atom. The molecule has 1 amide bonds. The summed E-state index contributed by atoms with van der Waals surface area (Å²) in [5.74, 6) is 1.29. The molecule has 4 aromatic rings. The molecule has 0 aliphatic rings. The minimum atomic E-state index is -0.547. The summed E-state index contributed by atoms with van der Waals surface area (Å²) in [6.07, 6.45) is 1.47. The maximum Gasteiger partial charge on any atom is 0.248 e. The molecule has 0 saturated heterocycles. The van der Waals surface area contributed by atoms with E-state index < -0.39 is 6.61 Å². The van der Waals surface area contributed by atoms with Gasteiger partial charge < -0.3 is 24.8 Å². The first-order valence-corrected chi connectivity index (χ1v) is 12.1. The predicted molar refractivity (Wildman–Crippen MR) is 136 cm³/mol. The summed E-state index contributed by atoms with van der Waals surface area (Å²) in [4.78, 5) is 26.2. The first-order valence-electron chi connectivity index (χ1n) is 10.8. The molecule has 2 aromatic carbocycles. The highest BCUT2D eigenvalue weighted by Crippen LogP contribution is 2.34. The maximum atomic E-state index is 11.8. The van der Waals surface area contributed by atoms with Crippen LogP contribution in [0.2, 0.25) is 5.02 Å². The van der Waals surface area contributed by atoms with Gasteiger partial charge in [0.05, 0.1) is 33.2 Å². The van der Waals surface area contributed by atoms with Crippen molar-refractivity contribution in [3.8, 4) is 11.5 Å². The van der Waals surface area contributed by atoms with Gasteiger partial charge in [0.25, 0.3) is 0 Å². The molecular formula is C24H24ClN5O4S. The highest BCUT2D eigenvalue weighted by Gasteiger charge is 2.17. The monoisotopic (exact) mass is 513 g/mol. The van der Waals surface area contributed by atoms with Gasteiger partial charge in [-0.25, -0.2) is 15.0 Å². The Labute approximate surface area is 211 Å². The van der Waals surface area contributed by atoms with Gasteiger partial charge in [0.1, 0.15) is 43.5 Å². The molecule has 0 fully saturated rings. The molecule has 0 spiro atoms. The number of aliphatic hydroxyl groups is 1. The number of likely N-dealkylation sites (N-methyl/N-ethyl adjacent to an activating group) is 1. The lowest BCUT2D eigenvalue weighted by Crippen LogP contribution is -2.40. The van der Waals surface area contributed by atoms with Crippen LogP contribution in [0.4, 0.5) is 11.5 Å². The van der Waals surface area contributed by atoms with Crippen molar-refractivity contribution < 1.29 is 19.4 Å². The van der Waals surface area contributed by atoms with Gasteiger partial charge in [0.2, 0.25) is 5.91 Å². The van der Waals surface area contributed by atoms with Gasteiger partial charge in [-0.05, 0) is 37.3 Å². The number of aromatic nitrogens is 3. The number of halogens is 1. The van der Waals surface area contributed by atoms with E-state index in [0.717, 1.165) is 5.69 Å². The number of carbonyl (C=O) groups excluding carboxylic acids is 1. The molecule has 1 unspecified atom stereocenters. The smallest absolute Gasteiger partial charge is 0.248 e. The Balaban J connectivity index is 1.52. The van der Waals surface area contributed by atoms with Gasteiger partial charge in [-0.3, -0.25) is 4.79 Å². The largest absolute Gasteiger partial charge is 0.491 e. The molecule has 0 aliphatic heterocycles. The van der Waals surface area contributed by atoms with Crippen LogP contribution in [0, 0.1) is 0 Å². The van der Waals surface area contributed by atoms with Crippen LogP contribution >= 0.6 is 22.9 Å². The number of fused-ring (bicyclic) bond motifs is 1. The molecule has 0 saturated carbocycles. The Kier molecular flexibility index (Phi) is 7.96. The van der Waals surface area contributed by atoms with Crippen molar-refractivity contribution in [1.29, 1.82) is 0 Å². The summed E-state index contributed by atoms with van der Waals surface area (Å²) in [5, 5.41) is 15.4. The number of carbonyl (C=O) groups is 1. The molecule has 0 bridgehead atoms. The lowest BCUT2D eigenvalue weighted by atomic mass is 10.2. The zero-order valence-electron chi connectivity index (χ0n) is 19.1. The van der Waals surface area contributed by atoms with E-state index in [1.165, 1.54) is 22.6 Å². The van der Waals surface area contributed by atoms with Crippen LogP contribution in [0.3, 0.4) is 0 Å². The summed E-state index contributed by atoms with van der Waals surface area (Å²) in [5.41, 5.74) is 4.01. The van der Waals surface area contributed by atoms with E-state index in [-0.39, 0.29) is 18.6 Å². The fourth-order valence-electron chi connectivity index (χ4n) is 3.27. The van der Waals surface area contributed by atoms with Crippen LogP contribution in [-0.2, 0) is 11.4 Å². The topological polar surface area (TPSA) is 110 Å². The third-order valence-corrected chi connectivity index (χ3v) is 6.28. The molecule has 182 valence electrons. The predicted octanol–water partition coefficient (Wildman–Crippen LogP) is 4.28. The van der Waals surface area contributed by atoms with Crippen LogP contribution < -0.4 is 14.8 Å². The van der Waals surface area contributed by atoms with E-state index in [2.05, 4.69) is 20.3 Å². The van der Waals surface area contributed by atoms with Crippen molar-refractivity contribution in [2.75, 3.05) is 25.6 Å². The number of benzene rings is 2. The zero-order chi connectivity index (χ0) is 24.8. The molecule has 2 heterocycles. The molecular weight excluding hydrogens is 490 g/mol. The number of nitrogens with one attached hydrogen (secondary N) is 1. The summed E-state index contributed by atoms with van der Waals surface area (Å²) < 4.78 is 11.8. The number of nitrogens with zero attached hydrogens (tertiary/aromatic N) is 4. The minimum absolute atomic E-state index is 0.229. The second-order valence-corrected chi connectivity index (χ2v) is 8.86. The van der Waals surface area contributed by atoms with Crippen LogP contribution in [-0.4, -0.2) is 57.2 Å². The van der Waals surface area contributed by atoms with Crippen LogP contribution in [0.1, 0.15) is 12.6 Å². The maximum absolute atomic E-state index is 11.8. The molecule has 11 heteroatoms. The lowest BCUT2D eigenvalue weighted by molar-refractivity contribution is -0.135. The van der Waals surface area contributed by atoms with Crippen molar-refractivity contribution in [2.24, 2.45) is 0 Å².